The van der Waals surface area contributed by atoms with Crippen molar-refractivity contribution in [2.45, 2.75) is 44.2 Å². The van der Waals surface area contributed by atoms with Gasteiger partial charge in [0.15, 0.2) is 10.6 Å². The molecule has 8 nitrogen and oxygen atoms in total. The SMILES string of the molecule is Cc1noc(C)c1S(=O)(=O)N1CCC[C@H]1C(=O)N=c1sccn1Cc1ccccc1. The number of rotatable bonds is 5. The lowest BCUT2D eigenvalue weighted by Gasteiger charge is -2.21. The van der Waals surface area contributed by atoms with Crippen molar-refractivity contribution in [1.82, 2.24) is 14.0 Å². The molecule has 1 fully saturated rings. The van der Waals surface area contributed by atoms with E-state index in [-0.39, 0.29) is 17.2 Å². The molecule has 4 rings (SSSR count). The summed E-state index contributed by atoms with van der Waals surface area (Å²) in [5, 5.41) is 5.61. The van der Waals surface area contributed by atoms with Gasteiger partial charge >= 0.3 is 0 Å². The number of aromatic nitrogens is 2. The highest BCUT2D eigenvalue weighted by Gasteiger charge is 2.41. The number of thiazole rings is 1. The lowest BCUT2D eigenvalue weighted by atomic mass is 10.2. The molecule has 0 N–H and O–H groups in total. The molecule has 1 atom stereocenters. The van der Waals surface area contributed by atoms with Gasteiger partial charge in [-0.1, -0.05) is 35.5 Å². The van der Waals surface area contributed by atoms with E-state index in [0.717, 1.165) is 5.56 Å². The molecule has 158 valence electrons. The molecule has 10 heteroatoms. The van der Waals surface area contributed by atoms with Crippen LogP contribution in [-0.2, 0) is 21.4 Å². The molecule has 1 aromatic carbocycles. The predicted molar refractivity (Wildman–Crippen MR) is 111 cm³/mol. The Morgan fingerprint density at radius 1 is 1.30 bits per heavy atom. The van der Waals surface area contributed by atoms with Gasteiger partial charge in [0.1, 0.15) is 16.6 Å². The summed E-state index contributed by atoms with van der Waals surface area (Å²) in [6.45, 7) is 4.00. The summed E-state index contributed by atoms with van der Waals surface area (Å²) in [7, 11) is -3.90. The minimum atomic E-state index is -3.90. The van der Waals surface area contributed by atoms with Crippen LogP contribution in [0.1, 0.15) is 29.9 Å². The lowest BCUT2D eigenvalue weighted by Crippen LogP contribution is -2.40. The van der Waals surface area contributed by atoms with Crippen LogP contribution in [0.15, 0.2) is 56.3 Å². The summed E-state index contributed by atoms with van der Waals surface area (Å²) in [6.07, 6.45) is 2.91. The minimum Gasteiger partial charge on any atom is -0.360 e. The van der Waals surface area contributed by atoms with Crippen molar-refractivity contribution in [3.8, 4) is 0 Å². The summed E-state index contributed by atoms with van der Waals surface area (Å²) in [4.78, 5) is 17.9. The van der Waals surface area contributed by atoms with Gasteiger partial charge in [0.05, 0.1) is 0 Å². The zero-order valence-electron chi connectivity index (χ0n) is 16.7. The topological polar surface area (TPSA) is 97.8 Å². The highest BCUT2D eigenvalue weighted by atomic mass is 32.2. The molecular formula is C20H22N4O4S2. The summed E-state index contributed by atoms with van der Waals surface area (Å²) in [6, 6.07) is 9.05. The zero-order valence-corrected chi connectivity index (χ0v) is 18.3. The molecule has 0 spiro atoms. The van der Waals surface area contributed by atoms with E-state index in [4.69, 9.17) is 4.52 Å². The number of hydrogen-bond donors (Lipinski definition) is 0. The molecule has 0 radical (unpaired) electrons. The summed E-state index contributed by atoms with van der Waals surface area (Å²) in [5.74, 6) is -0.228. The van der Waals surface area contributed by atoms with Crippen LogP contribution in [0, 0.1) is 13.8 Å². The van der Waals surface area contributed by atoms with E-state index < -0.39 is 22.0 Å². The Balaban J connectivity index is 1.62. The van der Waals surface area contributed by atoms with Gasteiger partial charge in [0.25, 0.3) is 5.91 Å². The third kappa shape index (κ3) is 3.90. The third-order valence-electron chi connectivity index (χ3n) is 5.08. The van der Waals surface area contributed by atoms with E-state index in [1.807, 2.05) is 46.5 Å². The molecule has 30 heavy (non-hydrogen) atoms. The fraction of sp³-hybridized carbons (Fsp3) is 0.350. The van der Waals surface area contributed by atoms with Crippen LogP contribution >= 0.6 is 11.3 Å². The van der Waals surface area contributed by atoms with Crippen LogP contribution in [0.4, 0.5) is 0 Å². The Bertz CT molecular complexity index is 1210. The maximum atomic E-state index is 13.2. The molecule has 2 aromatic heterocycles. The van der Waals surface area contributed by atoms with Crippen LogP contribution in [0.3, 0.4) is 0 Å². The molecule has 1 amide bonds. The fourth-order valence-electron chi connectivity index (χ4n) is 3.69. The minimum absolute atomic E-state index is 0.0393. The van der Waals surface area contributed by atoms with Crippen molar-refractivity contribution in [3.63, 3.8) is 0 Å². The number of carbonyl (C=O) groups is 1. The van der Waals surface area contributed by atoms with Crippen molar-refractivity contribution in [1.29, 1.82) is 0 Å². The van der Waals surface area contributed by atoms with Gasteiger partial charge in [-0.25, -0.2) is 8.42 Å². The maximum absolute atomic E-state index is 13.2. The third-order valence-corrected chi connectivity index (χ3v) is 8.03. The Hall–Kier alpha value is -2.56. The second kappa shape index (κ2) is 8.29. The van der Waals surface area contributed by atoms with Crippen molar-refractivity contribution >= 4 is 27.3 Å². The first-order valence-electron chi connectivity index (χ1n) is 9.59. The lowest BCUT2D eigenvalue weighted by molar-refractivity contribution is -0.121. The number of carbonyl (C=O) groups excluding carboxylic acids is 1. The molecule has 0 bridgehead atoms. The summed E-state index contributed by atoms with van der Waals surface area (Å²) >= 11 is 1.35. The van der Waals surface area contributed by atoms with Crippen LogP contribution in [0.5, 0.6) is 0 Å². The number of aryl methyl sites for hydroxylation is 2. The molecule has 0 saturated carbocycles. The van der Waals surface area contributed by atoms with E-state index >= 15 is 0 Å². The van der Waals surface area contributed by atoms with Gasteiger partial charge in [-0.15, -0.1) is 11.3 Å². The second-order valence-electron chi connectivity index (χ2n) is 7.18. The monoisotopic (exact) mass is 446 g/mol. The number of benzene rings is 1. The van der Waals surface area contributed by atoms with Gasteiger partial charge < -0.3 is 9.09 Å². The number of amides is 1. The van der Waals surface area contributed by atoms with E-state index in [1.54, 1.807) is 13.8 Å². The quantitative estimate of drug-likeness (QED) is 0.600. The van der Waals surface area contributed by atoms with E-state index in [9.17, 15) is 13.2 Å². The predicted octanol–water partition coefficient (Wildman–Crippen LogP) is 2.48. The molecule has 0 aliphatic carbocycles. The summed E-state index contributed by atoms with van der Waals surface area (Å²) < 4.78 is 34.5. The highest BCUT2D eigenvalue weighted by molar-refractivity contribution is 7.89. The van der Waals surface area contributed by atoms with Crippen LogP contribution in [0.25, 0.3) is 0 Å². The molecule has 1 aliphatic rings. The fourth-order valence-corrected chi connectivity index (χ4v) is 6.37. The van der Waals surface area contributed by atoms with E-state index in [0.29, 0.717) is 29.9 Å². The molecule has 1 aliphatic heterocycles. The molecule has 0 unspecified atom stereocenters. The van der Waals surface area contributed by atoms with Crippen molar-refractivity contribution in [2.24, 2.45) is 4.99 Å². The Morgan fingerprint density at radius 3 is 2.77 bits per heavy atom. The van der Waals surface area contributed by atoms with Crippen molar-refractivity contribution < 1.29 is 17.7 Å². The number of hydrogen-bond acceptors (Lipinski definition) is 6. The molecule has 3 heterocycles. The van der Waals surface area contributed by atoms with Gasteiger partial charge in [0.2, 0.25) is 10.0 Å². The first-order valence-corrected chi connectivity index (χ1v) is 11.9. The molecular weight excluding hydrogens is 424 g/mol. The number of sulfonamides is 1. The average molecular weight is 447 g/mol. The molecule has 3 aromatic rings. The molecule has 1 saturated heterocycles. The van der Waals surface area contributed by atoms with Crippen LogP contribution in [-0.4, -0.2) is 40.9 Å². The van der Waals surface area contributed by atoms with Gasteiger partial charge in [0, 0.05) is 24.7 Å². The van der Waals surface area contributed by atoms with E-state index in [1.165, 1.54) is 15.6 Å². The van der Waals surface area contributed by atoms with Crippen molar-refractivity contribution in [2.75, 3.05) is 6.54 Å². The highest BCUT2D eigenvalue weighted by Crippen LogP contribution is 2.30. The first-order chi connectivity index (χ1) is 14.4. The zero-order chi connectivity index (χ0) is 21.3. The average Bonchev–Trinajstić information content (AvgIpc) is 3.44. The standard InChI is InChI=1S/C20H22N4O4S2/c1-14-18(15(2)28-22-14)30(26,27)24-10-6-9-17(24)19(25)21-20-23(11-12-29-20)13-16-7-4-3-5-8-16/h3-5,7-8,11-12,17H,6,9-10,13H2,1-2H3/t17-/m0/s1. The van der Waals surface area contributed by atoms with Gasteiger partial charge in [-0.3, -0.25) is 4.79 Å². The summed E-state index contributed by atoms with van der Waals surface area (Å²) in [5.41, 5.74) is 1.38. The smallest absolute Gasteiger partial charge is 0.266 e. The Labute approximate surface area is 178 Å². The van der Waals surface area contributed by atoms with Crippen LogP contribution in [0.2, 0.25) is 0 Å². The second-order valence-corrected chi connectivity index (χ2v) is 9.88. The van der Waals surface area contributed by atoms with Gasteiger partial charge in [-0.05, 0) is 32.3 Å². The number of nitrogens with zero attached hydrogens (tertiary/aromatic N) is 4. The van der Waals surface area contributed by atoms with Gasteiger partial charge in [-0.2, -0.15) is 9.30 Å². The maximum Gasteiger partial charge on any atom is 0.266 e. The largest absolute Gasteiger partial charge is 0.360 e. The van der Waals surface area contributed by atoms with Crippen LogP contribution < -0.4 is 4.80 Å². The Kier molecular flexibility index (Phi) is 5.72. The normalized spacial score (nSPS) is 18.2. The first kappa shape index (κ1) is 20.7. The van der Waals surface area contributed by atoms with E-state index in [2.05, 4.69) is 10.1 Å². The Morgan fingerprint density at radius 2 is 2.07 bits per heavy atom. The van der Waals surface area contributed by atoms with Crippen molar-refractivity contribution in [3.05, 3.63) is 63.7 Å².